The Labute approximate surface area is 150 Å². The lowest BCUT2D eigenvalue weighted by molar-refractivity contribution is -0.125. The van der Waals surface area contributed by atoms with Gasteiger partial charge in [0.2, 0.25) is 0 Å². The van der Waals surface area contributed by atoms with Gasteiger partial charge in [0.1, 0.15) is 0 Å². The highest BCUT2D eigenvalue weighted by Crippen LogP contribution is 2.16. The van der Waals surface area contributed by atoms with Gasteiger partial charge in [-0.15, -0.1) is 0 Å². The number of carbonyl (C=O) groups is 3. The van der Waals surface area contributed by atoms with Gasteiger partial charge in [0.25, 0.3) is 5.91 Å². The number of hydrogen-bond donors (Lipinski definition) is 3. The number of anilines is 1. The zero-order chi connectivity index (χ0) is 18.8. The molecule has 2 aromatic rings. The number of nitrogens with one attached hydrogen (secondary N) is 3. The van der Waals surface area contributed by atoms with Crippen LogP contribution in [0, 0.1) is 0 Å². The minimum absolute atomic E-state index is 0.0503. The zero-order valence-corrected chi connectivity index (χ0v) is 14.4. The fraction of sp³-hybridized carbons (Fsp3) is 0.278. The van der Waals surface area contributed by atoms with Gasteiger partial charge in [0.15, 0.2) is 12.4 Å². The van der Waals surface area contributed by atoms with E-state index in [1.54, 1.807) is 24.3 Å². The van der Waals surface area contributed by atoms with Crippen LogP contribution in [0.2, 0.25) is 0 Å². The molecular formula is C18H21N3O5. The molecule has 2 rings (SSSR count). The van der Waals surface area contributed by atoms with Crippen molar-refractivity contribution in [1.29, 1.82) is 0 Å². The summed E-state index contributed by atoms with van der Waals surface area (Å²) in [5.74, 6) is -1.86. The molecule has 1 aromatic heterocycles. The molecule has 8 heteroatoms. The molecule has 0 aliphatic heterocycles. The topological polar surface area (TPSA) is 110 Å². The third-order valence-corrected chi connectivity index (χ3v) is 3.39. The number of amides is 2. The minimum atomic E-state index is -0.672. The van der Waals surface area contributed by atoms with Crippen LogP contribution in [0.4, 0.5) is 5.69 Å². The van der Waals surface area contributed by atoms with Crippen LogP contribution in [-0.4, -0.2) is 30.9 Å². The van der Waals surface area contributed by atoms with Crippen molar-refractivity contribution in [1.82, 2.24) is 10.9 Å². The molecule has 138 valence electrons. The van der Waals surface area contributed by atoms with Gasteiger partial charge in [-0.1, -0.05) is 25.5 Å². The molecule has 8 nitrogen and oxygen atoms in total. The predicted octanol–water partition coefficient (Wildman–Crippen LogP) is 2.11. The van der Waals surface area contributed by atoms with Gasteiger partial charge in [0.05, 0.1) is 11.8 Å². The summed E-state index contributed by atoms with van der Waals surface area (Å²) in [5.41, 5.74) is 5.29. The van der Waals surface area contributed by atoms with Crippen LogP contribution >= 0.6 is 0 Å². The number of unbranched alkanes of at least 4 members (excludes halogenated alkanes) is 1. The predicted molar refractivity (Wildman–Crippen MR) is 94.4 cm³/mol. The molecule has 3 N–H and O–H groups in total. The molecule has 0 saturated heterocycles. The molecule has 0 saturated carbocycles. The van der Waals surface area contributed by atoms with E-state index >= 15 is 0 Å². The van der Waals surface area contributed by atoms with E-state index in [1.165, 1.54) is 12.3 Å². The molecule has 26 heavy (non-hydrogen) atoms. The number of benzene rings is 1. The lowest BCUT2D eigenvalue weighted by Crippen LogP contribution is -2.43. The number of esters is 1. The number of rotatable bonds is 8. The van der Waals surface area contributed by atoms with Gasteiger partial charge in [-0.2, -0.15) is 0 Å². The lowest BCUT2D eigenvalue weighted by atomic mass is 10.1. The summed E-state index contributed by atoms with van der Waals surface area (Å²) in [6.45, 7) is 2.28. The van der Waals surface area contributed by atoms with E-state index in [0.717, 1.165) is 19.4 Å². The van der Waals surface area contributed by atoms with Crippen molar-refractivity contribution >= 4 is 23.5 Å². The Bertz CT molecular complexity index is 743. The quantitative estimate of drug-likeness (QED) is 0.378. The number of hydrogen-bond acceptors (Lipinski definition) is 6. The van der Waals surface area contributed by atoms with E-state index in [0.29, 0.717) is 11.3 Å². The summed E-state index contributed by atoms with van der Waals surface area (Å²) >= 11 is 0. The number of para-hydroxylation sites is 1. The van der Waals surface area contributed by atoms with Gasteiger partial charge in [-0.05, 0) is 30.7 Å². The van der Waals surface area contributed by atoms with Crippen LogP contribution in [0.1, 0.15) is 40.7 Å². The highest BCUT2D eigenvalue weighted by molar-refractivity contribution is 5.97. The monoisotopic (exact) mass is 359 g/mol. The molecule has 0 fully saturated rings. The maximum atomic E-state index is 12.2. The molecule has 0 spiro atoms. The number of carbonyl (C=O) groups excluding carboxylic acids is 3. The van der Waals surface area contributed by atoms with E-state index in [1.807, 2.05) is 6.07 Å². The van der Waals surface area contributed by atoms with Crippen molar-refractivity contribution in [3.05, 3.63) is 54.0 Å². The van der Waals surface area contributed by atoms with Crippen molar-refractivity contribution in [2.24, 2.45) is 0 Å². The summed E-state index contributed by atoms with van der Waals surface area (Å²) in [6.07, 6.45) is 3.34. The molecule has 1 heterocycles. The maximum Gasteiger partial charge on any atom is 0.340 e. The average molecular weight is 359 g/mol. The van der Waals surface area contributed by atoms with E-state index in [9.17, 15) is 14.4 Å². The average Bonchev–Trinajstić information content (AvgIpc) is 3.19. The second kappa shape index (κ2) is 9.87. The largest absolute Gasteiger partial charge is 0.459 e. The first-order valence-electron chi connectivity index (χ1n) is 8.24. The molecule has 0 unspecified atom stereocenters. The Balaban J connectivity index is 1.80. The smallest absolute Gasteiger partial charge is 0.340 e. The summed E-state index contributed by atoms with van der Waals surface area (Å²) in [4.78, 5) is 35.5. The molecule has 2 amide bonds. The third kappa shape index (κ3) is 5.66. The van der Waals surface area contributed by atoms with Crippen molar-refractivity contribution in [2.75, 3.05) is 18.5 Å². The fourth-order valence-electron chi connectivity index (χ4n) is 2.06. The van der Waals surface area contributed by atoms with Crippen LogP contribution in [0.15, 0.2) is 47.1 Å². The fourth-order valence-corrected chi connectivity index (χ4v) is 2.06. The van der Waals surface area contributed by atoms with E-state index in [2.05, 4.69) is 23.1 Å². The van der Waals surface area contributed by atoms with Crippen LogP contribution in [-0.2, 0) is 9.53 Å². The number of furan rings is 1. The second-order valence-electron chi connectivity index (χ2n) is 5.38. The van der Waals surface area contributed by atoms with Gasteiger partial charge < -0.3 is 14.5 Å². The van der Waals surface area contributed by atoms with E-state index in [4.69, 9.17) is 9.15 Å². The van der Waals surface area contributed by atoms with Crippen molar-refractivity contribution in [2.45, 2.75) is 19.8 Å². The van der Waals surface area contributed by atoms with Crippen LogP contribution < -0.4 is 16.2 Å². The standard InChI is InChI=1S/C18H21N3O5/c1-2-3-10-19-14-8-5-4-7-13(14)18(24)26-12-16(22)20-21-17(23)15-9-6-11-25-15/h4-9,11,19H,2-3,10,12H2,1H3,(H,20,22)(H,21,23). The summed E-state index contributed by atoms with van der Waals surface area (Å²) in [7, 11) is 0. The molecule has 0 atom stereocenters. The normalized spacial score (nSPS) is 10.0. The SMILES string of the molecule is CCCCNc1ccccc1C(=O)OCC(=O)NNC(=O)c1ccco1. The summed E-state index contributed by atoms with van der Waals surface area (Å²) in [5, 5.41) is 3.17. The maximum absolute atomic E-state index is 12.2. The van der Waals surface area contributed by atoms with Gasteiger partial charge in [-0.25, -0.2) is 4.79 Å². The van der Waals surface area contributed by atoms with Gasteiger partial charge in [0, 0.05) is 12.2 Å². The Kier molecular flexibility index (Phi) is 7.23. The van der Waals surface area contributed by atoms with E-state index < -0.39 is 24.4 Å². The Morgan fingerprint density at radius 1 is 1.08 bits per heavy atom. The lowest BCUT2D eigenvalue weighted by Gasteiger charge is -2.11. The van der Waals surface area contributed by atoms with Gasteiger partial charge >= 0.3 is 11.9 Å². The first kappa shape index (κ1) is 19.0. The van der Waals surface area contributed by atoms with Crippen molar-refractivity contribution in [3.8, 4) is 0 Å². The Morgan fingerprint density at radius 2 is 1.88 bits per heavy atom. The molecular weight excluding hydrogens is 338 g/mol. The molecule has 0 bridgehead atoms. The number of hydrazine groups is 1. The molecule has 1 aromatic carbocycles. The zero-order valence-electron chi connectivity index (χ0n) is 14.4. The number of ether oxygens (including phenoxy) is 1. The van der Waals surface area contributed by atoms with Crippen LogP contribution in [0.5, 0.6) is 0 Å². The Morgan fingerprint density at radius 3 is 2.62 bits per heavy atom. The highest BCUT2D eigenvalue weighted by Gasteiger charge is 2.15. The second-order valence-corrected chi connectivity index (χ2v) is 5.38. The molecule has 0 aliphatic carbocycles. The van der Waals surface area contributed by atoms with Crippen molar-refractivity contribution < 1.29 is 23.5 Å². The molecule has 0 aliphatic rings. The minimum Gasteiger partial charge on any atom is -0.459 e. The highest BCUT2D eigenvalue weighted by atomic mass is 16.5. The van der Waals surface area contributed by atoms with Crippen molar-refractivity contribution in [3.63, 3.8) is 0 Å². The van der Waals surface area contributed by atoms with Gasteiger partial charge in [-0.3, -0.25) is 20.4 Å². The first-order valence-corrected chi connectivity index (χ1v) is 8.24. The van der Waals surface area contributed by atoms with Crippen LogP contribution in [0.25, 0.3) is 0 Å². The Hall–Kier alpha value is -3.29. The summed E-state index contributed by atoms with van der Waals surface area (Å²) < 4.78 is 9.88. The summed E-state index contributed by atoms with van der Waals surface area (Å²) in [6, 6.07) is 9.91. The van der Waals surface area contributed by atoms with Crippen LogP contribution in [0.3, 0.4) is 0 Å². The van der Waals surface area contributed by atoms with E-state index in [-0.39, 0.29) is 5.76 Å². The first-order chi connectivity index (χ1) is 12.6. The molecule has 0 radical (unpaired) electrons. The third-order valence-electron chi connectivity index (χ3n) is 3.39.